The summed E-state index contributed by atoms with van der Waals surface area (Å²) in [6, 6.07) is 0. The van der Waals surface area contributed by atoms with Crippen LogP contribution in [0, 0.1) is 5.92 Å². The van der Waals surface area contributed by atoms with Gasteiger partial charge in [-0.3, -0.25) is 9.59 Å². The largest absolute Gasteiger partial charge is 0.480 e. The second-order valence-electron chi connectivity index (χ2n) is 4.08. The molecule has 0 aromatic heterocycles. The molecule has 0 aliphatic carbocycles. The van der Waals surface area contributed by atoms with E-state index in [1.807, 2.05) is 0 Å². The van der Waals surface area contributed by atoms with Gasteiger partial charge in [-0.1, -0.05) is 0 Å². The second kappa shape index (κ2) is 6.14. The molecule has 0 saturated carbocycles. The monoisotopic (exact) mass is 279 g/mol. The zero-order chi connectivity index (χ0) is 13.8. The summed E-state index contributed by atoms with van der Waals surface area (Å²) in [5.74, 6) is -2.88. The first-order valence-electron chi connectivity index (χ1n) is 5.73. The van der Waals surface area contributed by atoms with Crippen molar-refractivity contribution < 1.29 is 27.9 Å². The minimum atomic E-state index is -3.76. The summed E-state index contributed by atoms with van der Waals surface area (Å²) in [6.45, 7) is 2.35. The van der Waals surface area contributed by atoms with Crippen molar-refractivity contribution in [1.82, 2.24) is 4.31 Å². The van der Waals surface area contributed by atoms with E-state index in [-0.39, 0.29) is 25.0 Å². The molecule has 0 bridgehead atoms. The molecular weight excluding hydrogens is 262 g/mol. The zero-order valence-electron chi connectivity index (χ0n) is 10.2. The Bertz CT molecular complexity index is 410. The Hall–Kier alpha value is -1.15. The first-order chi connectivity index (χ1) is 8.36. The molecule has 0 aromatic rings. The first kappa shape index (κ1) is 14.9. The van der Waals surface area contributed by atoms with Crippen LogP contribution in [-0.4, -0.2) is 55.2 Å². The number of sulfonamides is 1. The van der Waals surface area contributed by atoms with E-state index in [0.717, 1.165) is 4.31 Å². The van der Waals surface area contributed by atoms with Crippen molar-refractivity contribution in [1.29, 1.82) is 0 Å². The lowest BCUT2D eigenvalue weighted by Gasteiger charge is -2.29. The highest BCUT2D eigenvalue weighted by atomic mass is 32.2. The molecule has 0 spiro atoms. The molecule has 18 heavy (non-hydrogen) atoms. The van der Waals surface area contributed by atoms with Crippen molar-refractivity contribution in [3.05, 3.63) is 0 Å². The van der Waals surface area contributed by atoms with Gasteiger partial charge < -0.3 is 9.84 Å². The maximum absolute atomic E-state index is 11.6. The molecule has 8 heteroatoms. The summed E-state index contributed by atoms with van der Waals surface area (Å²) in [4.78, 5) is 21.9. The Morgan fingerprint density at radius 2 is 1.89 bits per heavy atom. The van der Waals surface area contributed by atoms with Crippen LogP contribution in [-0.2, 0) is 24.3 Å². The molecule has 0 unspecified atom stereocenters. The third-order valence-corrected chi connectivity index (χ3v) is 4.54. The molecule has 1 fully saturated rings. The molecule has 1 aliphatic heterocycles. The highest BCUT2D eigenvalue weighted by Gasteiger charge is 2.32. The third-order valence-electron chi connectivity index (χ3n) is 2.77. The minimum absolute atomic E-state index is 0.166. The molecule has 1 saturated heterocycles. The van der Waals surface area contributed by atoms with Crippen LogP contribution in [0.3, 0.4) is 0 Å². The fourth-order valence-corrected chi connectivity index (χ4v) is 3.14. The summed E-state index contributed by atoms with van der Waals surface area (Å²) in [5, 5.41) is 8.51. The third kappa shape index (κ3) is 3.95. The number of hydrogen-bond acceptors (Lipinski definition) is 5. The van der Waals surface area contributed by atoms with Crippen LogP contribution >= 0.6 is 0 Å². The van der Waals surface area contributed by atoms with Gasteiger partial charge in [0.2, 0.25) is 10.0 Å². The van der Waals surface area contributed by atoms with Gasteiger partial charge in [-0.15, -0.1) is 0 Å². The Morgan fingerprint density at radius 1 is 1.33 bits per heavy atom. The van der Waals surface area contributed by atoms with E-state index in [2.05, 4.69) is 0 Å². The van der Waals surface area contributed by atoms with Crippen LogP contribution < -0.4 is 0 Å². The number of esters is 1. The lowest BCUT2D eigenvalue weighted by molar-refractivity contribution is -0.149. The quantitative estimate of drug-likeness (QED) is 0.692. The van der Waals surface area contributed by atoms with Gasteiger partial charge in [0.15, 0.2) is 5.75 Å². The summed E-state index contributed by atoms with van der Waals surface area (Å²) in [7, 11) is -3.76. The van der Waals surface area contributed by atoms with Crippen molar-refractivity contribution in [2.45, 2.75) is 19.8 Å². The van der Waals surface area contributed by atoms with Crippen LogP contribution in [0.25, 0.3) is 0 Å². The molecule has 104 valence electrons. The second-order valence-corrected chi connectivity index (χ2v) is 6.04. The smallest absolute Gasteiger partial charge is 0.320 e. The van der Waals surface area contributed by atoms with Gasteiger partial charge in [0.05, 0.1) is 12.5 Å². The molecule has 0 amide bonds. The number of nitrogens with zero attached hydrogens (tertiary/aromatic N) is 1. The van der Waals surface area contributed by atoms with E-state index >= 15 is 0 Å². The van der Waals surface area contributed by atoms with E-state index in [4.69, 9.17) is 9.84 Å². The Labute approximate surface area is 106 Å². The van der Waals surface area contributed by atoms with Crippen LogP contribution in [0.2, 0.25) is 0 Å². The van der Waals surface area contributed by atoms with Crippen molar-refractivity contribution in [3.63, 3.8) is 0 Å². The Balaban J connectivity index is 2.53. The zero-order valence-corrected chi connectivity index (χ0v) is 11.0. The van der Waals surface area contributed by atoms with E-state index < -0.39 is 21.7 Å². The number of hydrogen-bond donors (Lipinski definition) is 1. The van der Waals surface area contributed by atoms with Gasteiger partial charge in [0, 0.05) is 13.1 Å². The van der Waals surface area contributed by atoms with Gasteiger partial charge >= 0.3 is 11.9 Å². The standard InChI is InChI=1S/C10H17NO6S/c1-2-17-10(14)8-3-5-11(6-4-8)18(15,16)7-9(12)13/h8H,2-7H2,1H3,(H,12,13). The Morgan fingerprint density at radius 3 is 2.33 bits per heavy atom. The molecule has 1 heterocycles. The van der Waals surface area contributed by atoms with Gasteiger partial charge in [-0.2, -0.15) is 0 Å². The summed E-state index contributed by atoms with van der Waals surface area (Å²) >= 11 is 0. The number of rotatable bonds is 5. The molecule has 0 aromatic carbocycles. The van der Waals surface area contributed by atoms with Gasteiger partial charge in [0.25, 0.3) is 0 Å². The maximum Gasteiger partial charge on any atom is 0.320 e. The minimum Gasteiger partial charge on any atom is -0.480 e. The van der Waals surface area contributed by atoms with Crippen LogP contribution in [0.5, 0.6) is 0 Å². The molecular formula is C10H17NO6S. The summed E-state index contributed by atoms with van der Waals surface area (Å²) < 4.78 is 29.2. The fourth-order valence-electron chi connectivity index (χ4n) is 1.88. The molecule has 0 atom stereocenters. The molecule has 1 rings (SSSR count). The molecule has 7 nitrogen and oxygen atoms in total. The maximum atomic E-state index is 11.6. The van der Waals surface area contributed by atoms with Crippen molar-refractivity contribution in [2.75, 3.05) is 25.4 Å². The molecule has 1 aliphatic rings. The predicted octanol–water partition coefficient (Wildman–Crippen LogP) is -0.324. The topological polar surface area (TPSA) is 101 Å². The summed E-state index contributed by atoms with van der Waals surface area (Å²) in [5.41, 5.74) is 0. The number of carboxylic acid groups (broad SMARTS) is 1. The lowest BCUT2D eigenvalue weighted by Crippen LogP contribution is -2.42. The van der Waals surface area contributed by atoms with E-state index in [1.165, 1.54) is 0 Å². The van der Waals surface area contributed by atoms with Crippen molar-refractivity contribution in [2.24, 2.45) is 5.92 Å². The Kier molecular flexibility index (Phi) is 5.09. The number of piperidine rings is 1. The van der Waals surface area contributed by atoms with Gasteiger partial charge in [0.1, 0.15) is 0 Å². The average molecular weight is 279 g/mol. The van der Waals surface area contributed by atoms with Crippen molar-refractivity contribution >= 4 is 22.0 Å². The van der Waals surface area contributed by atoms with E-state index in [9.17, 15) is 18.0 Å². The molecule has 1 N–H and O–H groups in total. The SMILES string of the molecule is CCOC(=O)C1CCN(S(=O)(=O)CC(=O)O)CC1. The summed E-state index contributed by atoms with van der Waals surface area (Å²) in [6.07, 6.45) is 0.745. The van der Waals surface area contributed by atoms with Crippen LogP contribution in [0.1, 0.15) is 19.8 Å². The highest BCUT2D eigenvalue weighted by molar-refractivity contribution is 7.89. The van der Waals surface area contributed by atoms with Crippen molar-refractivity contribution in [3.8, 4) is 0 Å². The number of carbonyl (C=O) groups excluding carboxylic acids is 1. The van der Waals surface area contributed by atoms with E-state index in [0.29, 0.717) is 19.4 Å². The van der Waals surface area contributed by atoms with Gasteiger partial charge in [-0.25, -0.2) is 12.7 Å². The van der Waals surface area contributed by atoms with Crippen LogP contribution in [0.4, 0.5) is 0 Å². The number of carboxylic acids is 1. The lowest BCUT2D eigenvalue weighted by atomic mass is 9.98. The predicted molar refractivity (Wildman–Crippen MR) is 62.4 cm³/mol. The number of ether oxygens (including phenoxy) is 1. The normalized spacial score (nSPS) is 18.5. The highest BCUT2D eigenvalue weighted by Crippen LogP contribution is 2.21. The molecule has 0 radical (unpaired) electrons. The van der Waals surface area contributed by atoms with Gasteiger partial charge in [-0.05, 0) is 19.8 Å². The first-order valence-corrected chi connectivity index (χ1v) is 7.34. The average Bonchev–Trinajstić information content (AvgIpc) is 2.28. The van der Waals surface area contributed by atoms with E-state index in [1.54, 1.807) is 6.92 Å². The number of carbonyl (C=O) groups is 2. The fraction of sp³-hybridized carbons (Fsp3) is 0.800. The number of aliphatic carboxylic acids is 1. The van der Waals surface area contributed by atoms with Crippen LogP contribution in [0.15, 0.2) is 0 Å².